The number of carbonyl (C=O) groups excluding carboxylic acids is 1. The Bertz CT molecular complexity index is 159. The van der Waals surface area contributed by atoms with E-state index in [4.69, 9.17) is 14.2 Å². The fourth-order valence-electron chi connectivity index (χ4n) is 1.15. The monoisotopic (exact) mass is 218 g/mol. The summed E-state index contributed by atoms with van der Waals surface area (Å²) in [6.07, 6.45) is 1.79. The lowest BCUT2D eigenvalue weighted by Gasteiger charge is -2.15. The van der Waals surface area contributed by atoms with Crippen LogP contribution in [0.3, 0.4) is 0 Å². The summed E-state index contributed by atoms with van der Waals surface area (Å²) in [7, 11) is 0. The van der Waals surface area contributed by atoms with Gasteiger partial charge in [-0.15, -0.1) is 0 Å². The number of carbonyl (C=O) groups is 1. The summed E-state index contributed by atoms with van der Waals surface area (Å²) in [4.78, 5) is 11.0. The highest BCUT2D eigenvalue weighted by atomic mass is 16.6. The van der Waals surface area contributed by atoms with Crippen molar-refractivity contribution in [3.05, 3.63) is 0 Å². The van der Waals surface area contributed by atoms with Crippen molar-refractivity contribution >= 4 is 5.97 Å². The molecule has 0 aliphatic carbocycles. The summed E-state index contributed by atoms with van der Waals surface area (Å²) >= 11 is 0. The molecule has 0 radical (unpaired) electrons. The summed E-state index contributed by atoms with van der Waals surface area (Å²) in [5.74, 6) is -0.299. The van der Waals surface area contributed by atoms with Crippen LogP contribution in [0.4, 0.5) is 0 Å². The Hall–Kier alpha value is -0.610. The Morgan fingerprint density at radius 3 is 2.47 bits per heavy atom. The summed E-state index contributed by atoms with van der Waals surface area (Å²) < 4.78 is 15.4. The van der Waals surface area contributed by atoms with Gasteiger partial charge in [-0.3, -0.25) is 0 Å². The minimum absolute atomic E-state index is 0.0402. The number of esters is 1. The fraction of sp³-hybridized carbons (Fsp3) is 0.909. The molecule has 0 heterocycles. The lowest BCUT2D eigenvalue weighted by molar-refractivity contribution is -0.151. The summed E-state index contributed by atoms with van der Waals surface area (Å²) in [5, 5.41) is 0. The van der Waals surface area contributed by atoms with Gasteiger partial charge in [-0.2, -0.15) is 0 Å². The predicted octanol–water partition coefficient (Wildman–Crippen LogP) is 1.77. The molecular weight excluding hydrogens is 196 g/mol. The van der Waals surface area contributed by atoms with Crippen molar-refractivity contribution < 1.29 is 19.0 Å². The highest BCUT2D eigenvalue weighted by Crippen LogP contribution is 2.04. The largest absolute Gasteiger partial charge is 0.464 e. The Balaban J connectivity index is 3.55. The van der Waals surface area contributed by atoms with Gasteiger partial charge in [-0.05, 0) is 26.7 Å². The molecule has 0 aromatic rings. The summed E-state index contributed by atoms with van der Waals surface area (Å²) in [5.41, 5.74) is 0. The van der Waals surface area contributed by atoms with Crippen LogP contribution in [-0.4, -0.2) is 38.5 Å². The third kappa shape index (κ3) is 8.39. The van der Waals surface area contributed by atoms with E-state index >= 15 is 0 Å². The fourth-order valence-corrected chi connectivity index (χ4v) is 1.15. The molecule has 15 heavy (non-hydrogen) atoms. The zero-order valence-electron chi connectivity index (χ0n) is 9.95. The molecule has 0 saturated carbocycles. The molecule has 1 atom stereocenters. The van der Waals surface area contributed by atoms with Gasteiger partial charge in [0.15, 0.2) is 0 Å². The molecule has 0 aromatic carbocycles. The quantitative estimate of drug-likeness (QED) is 0.437. The number of hydrogen-bond acceptors (Lipinski definition) is 4. The zero-order chi connectivity index (χ0) is 11.5. The summed E-state index contributed by atoms with van der Waals surface area (Å²) in [6.45, 7) is 7.61. The maximum atomic E-state index is 11.0. The first-order valence-electron chi connectivity index (χ1n) is 5.59. The van der Waals surface area contributed by atoms with Gasteiger partial charge in [0.2, 0.25) is 0 Å². The Kier molecular flexibility index (Phi) is 9.52. The van der Waals surface area contributed by atoms with Gasteiger partial charge in [-0.1, -0.05) is 6.92 Å². The molecule has 4 heteroatoms. The van der Waals surface area contributed by atoms with E-state index in [1.54, 1.807) is 6.92 Å². The van der Waals surface area contributed by atoms with E-state index in [2.05, 4.69) is 0 Å². The van der Waals surface area contributed by atoms with Crippen molar-refractivity contribution in [3.8, 4) is 0 Å². The highest BCUT2D eigenvalue weighted by molar-refractivity contribution is 5.70. The van der Waals surface area contributed by atoms with Crippen molar-refractivity contribution in [1.29, 1.82) is 0 Å². The third-order valence-electron chi connectivity index (χ3n) is 1.99. The molecule has 0 fully saturated rings. The minimum atomic E-state index is -0.299. The van der Waals surface area contributed by atoms with E-state index in [9.17, 15) is 4.79 Å². The summed E-state index contributed by atoms with van der Waals surface area (Å²) in [6, 6.07) is 0. The van der Waals surface area contributed by atoms with Crippen molar-refractivity contribution in [2.24, 2.45) is 0 Å². The van der Waals surface area contributed by atoms with Crippen molar-refractivity contribution in [2.75, 3.05) is 26.4 Å². The number of hydrogen-bond donors (Lipinski definition) is 0. The van der Waals surface area contributed by atoms with Gasteiger partial charge in [0.05, 0.1) is 12.7 Å². The third-order valence-corrected chi connectivity index (χ3v) is 1.99. The van der Waals surface area contributed by atoms with Crippen LogP contribution >= 0.6 is 0 Å². The van der Waals surface area contributed by atoms with E-state index in [0.717, 1.165) is 12.8 Å². The molecule has 0 N–H and O–H groups in total. The van der Waals surface area contributed by atoms with E-state index in [1.807, 2.05) is 13.8 Å². The molecule has 0 aromatic heterocycles. The molecular formula is C11H22O4. The second kappa shape index (κ2) is 9.93. The maximum absolute atomic E-state index is 11.0. The molecule has 0 aliphatic heterocycles. The van der Waals surface area contributed by atoms with Gasteiger partial charge in [0, 0.05) is 13.2 Å². The lowest BCUT2D eigenvalue weighted by Crippen LogP contribution is -2.21. The number of ether oxygens (including phenoxy) is 3. The van der Waals surface area contributed by atoms with Gasteiger partial charge < -0.3 is 14.2 Å². The second-order valence-electron chi connectivity index (χ2n) is 3.13. The average Bonchev–Trinajstić information content (AvgIpc) is 2.23. The highest BCUT2D eigenvalue weighted by Gasteiger charge is 2.09. The van der Waals surface area contributed by atoms with Crippen LogP contribution in [-0.2, 0) is 19.0 Å². The van der Waals surface area contributed by atoms with E-state index < -0.39 is 0 Å². The molecule has 90 valence electrons. The van der Waals surface area contributed by atoms with Crippen molar-refractivity contribution in [1.82, 2.24) is 0 Å². The van der Waals surface area contributed by atoms with Gasteiger partial charge >= 0.3 is 5.97 Å². The van der Waals surface area contributed by atoms with Crippen LogP contribution < -0.4 is 0 Å². The normalized spacial score (nSPS) is 12.5. The van der Waals surface area contributed by atoms with E-state index in [0.29, 0.717) is 19.8 Å². The molecule has 1 unspecified atom stereocenters. The first kappa shape index (κ1) is 14.4. The minimum Gasteiger partial charge on any atom is -0.464 e. The molecule has 0 saturated heterocycles. The lowest BCUT2D eigenvalue weighted by atomic mass is 10.2. The van der Waals surface area contributed by atoms with Crippen LogP contribution in [0.5, 0.6) is 0 Å². The number of rotatable bonds is 9. The van der Waals surface area contributed by atoms with E-state index in [1.165, 1.54) is 0 Å². The average molecular weight is 218 g/mol. The first-order valence-corrected chi connectivity index (χ1v) is 5.59. The van der Waals surface area contributed by atoms with Gasteiger partial charge in [-0.25, -0.2) is 4.79 Å². The molecule has 0 bridgehead atoms. The SMILES string of the molecule is CCOCCC(CC)OCC(=O)OCC. The van der Waals surface area contributed by atoms with Gasteiger partial charge in [0.25, 0.3) is 0 Å². The smallest absolute Gasteiger partial charge is 0.332 e. The van der Waals surface area contributed by atoms with Crippen LogP contribution in [0, 0.1) is 0 Å². The topological polar surface area (TPSA) is 44.8 Å². The Morgan fingerprint density at radius 1 is 1.20 bits per heavy atom. The molecule has 0 amide bonds. The van der Waals surface area contributed by atoms with E-state index in [-0.39, 0.29) is 18.7 Å². The first-order chi connectivity index (χ1) is 7.24. The van der Waals surface area contributed by atoms with Crippen LogP contribution in [0.2, 0.25) is 0 Å². The van der Waals surface area contributed by atoms with Crippen LogP contribution in [0.15, 0.2) is 0 Å². The molecule has 0 spiro atoms. The predicted molar refractivity (Wildman–Crippen MR) is 57.8 cm³/mol. The maximum Gasteiger partial charge on any atom is 0.332 e. The van der Waals surface area contributed by atoms with Crippen LogP contribution in [0.25, 0.3) is 0 Å². The zero-order valence-corrected chi connectivity index (χ0v) is 9.95. The standard InChI is InChI=1S/C11H22O4/c1-4-10(7-8-13-5-2)15-9-11(12)14-6-3/h10H,4-9H2,1-3H3. The second-order valence-corrected chi connectivity index (χ2v) is 3.13. The molecule has 0 aliphatic rings. The van der Waals surface area contributed by atoms with Crippen molar-refractivity contribution in [2.45, 2.75) is 39.7 Å². The molecule has 4 nitrogen and oxygen atoms in total. The van der Waals surface area contributed by atoms with Crippen LogP contribution in [0.1, 0.15) is 33.6 Å². The van der Waals surface area contributed by atoms with Crippen molar-refractivity contribution in [3.63, 3.8) is 0 Å². The molecule has 0 rings (SSSR count). The Labute approximate surface area is 91.9 Å². The van der Waals surface area contributed by atoms with Gasteiger partial charge in [0.1, 0.15) is 6.61 Å². The Morgan fingerprint density at radius 2 is 1.93 bits per heavy atom.